The summed E-state index contributed by atoms with van der Waals surface area (Å²) < 4.78 is -1.61. The molecule has 1 fully saturated rings. The first-order chi connectivity index (χ1) is 7.88. The SMILES string of the molecule is CN1CCCC1c1cccnc1.ClC(Cl)(Cl)Cl. The highest BCUT2D eigenvalue weighted by Crippen LogP contribution is 2.30. The highest BCUT2D eigenvalue weighted by Gasteiger charge is 2.21. The number of pyridine rings is 1. The van der Waals surface area contributed by atoms with Crippen molar-refractivity contribution in [1.29, 1.82) is 0 Å². The van der Waals surface area contributed by atoms with E-state index in [9.17, 15) is 0 Å². The summed E-state index contributed by atoms with van der Waals surface area (Å²) in [6.45, 7) is 1.22. The van der Waals surface area contributed by atoms with E-state index >= 15 is 0 Å². The predicted octanol–water partition coefficient (Wildman–Crippen LogP) is 4.40. The molecule has 1 aliphatic rings. The van der Waals surface area contributed by atoms with Crippen molar-refractivity contribution < 1.29 is 0 Å². The first kappa shape index (κ1) is 15.3. The second-order valence-electron chi connectivity index (χ2n) is 3.85. The van der Waals surface area contributed by atoms with Crippen LogP contribution in [0.1, 0.15) is 24.4 Å². The molecule has 2 nitrogen and oxygen atoms in total. The topological polar surface area (TPSA) is 16.1 Å². The van der Waals surface area contributed by atoms with Crippen LogP contribution in [0.15, 0.2) is 24.5 Å². The number of aromatic nitrogens is 1. The summed E-state index contributed by atoms with van der Waals surface area (Å²) in [4.78, 5) is 6.54. The number of hydrogen-bond acceptors (Lipinski definition) is 2. The highest BCUT2D eigenvalue weighted by molar-refractivity contribution is 6.83. The summed E-state index contributed by atoms with van der Waals surface area (Å²) >= 11 is 19.3. The zero-order chi connectivity index (χ0) is 12.9. The van der Waals surface area contributed by atoms with E-state index in [1.807, 2.05) is 18.5 Å². The van der Waals surface area contributed by atoms with Gasteiger partial charge < -0.3 is 0 Å². The monoisotopic (exact) mass is 314 g/mol. The number of hydrogen-bond donors (Lipinski definition) is 0. The van der Waals surface area contributed by atoms with Crippen molar-refractivity contribution in [3.8, 4) is 0 Å². The molecular formula is C11H14Cl4N2. The Kier molecular flexibility index (Phi) is 6.32. The largest absolute Gasteiger partial charge is 0.299 e. The van der Waals surface area contributed by atoms with Crippen LogP contribution in [0.4, 0.5) is 0 Å². The first-order valence-electron chi connectivity index (χ1n) is 5.23. The Morgan fingerprint density at radius 1 is 1.35 bits per heavy atom. The van der Waals surface area contributed by atoms with Gasteiger partial charge in [-0.25, -0.2) is 0 Å². The van der Waals surface area contributed by atoms with Crippen LogP contribution in [0.2, 0.25) is 0 Å². The molecule has 0 aromatic carbocycles. The van der Waals surface area contributed by atoms with E-state index in [0.29, 0.717) is 6.04 Å². The Bertz CT molecular complexity index is 320. The summed E-state index contributed by atoms with van der Waals surface area (Å²) in [6.07, 6.45) is 6.41. The first-order valence-corrected chi connectivity index (χ1v) is 6.75. The lowest BCUT2D eigenvalue weighted by molar-refractivity contribution is 0.317. The van der Waals surface area contributed by atoms with Gasteiger partial charge in [-0.2, -0.15) is 0 Å². The van der Waals surface area contributed by atoms with Crippen molar-refractivity contribution in [2.45, 2.75) is 22.1 Å². The summed E-state index contributed by atoms with van der Waals surface area (Å²) in [6, 6.07) is 4.79. The number of nitrogens with zero attached hydrogens (tertiary/aromatic N) is 2. The summed E-state index contributed by atoms with van der Waals surface area (Å²) in [7, 11) is 2.19. The Hall–Kier alpha value is 0.270. The van der Waals surface area contributed by atoms with Crippen molar-refractivity contribution in [2.24, 2.45) is 0 Å². The van der Waals surface area contributed by atoms with Gasteiger partial charge in [0.15, 0.2) is 0 Å². The summed E-state index contributed by atoms with van der Waals surface area (Å²) in [5, 5.41) is 0. The molecule has 2 heterocycles. The van der Waals surface area contributed by atoms with Gasteiger partial charge in [-0.05, 0) is 38.1 Å². The molecule has 1 aliphatic heterocycles. The van der Waals surface area contributed by atoms with Crippen LogP contribution in [-0.4, -0.2) is 26.7 Å². The Balaban J connectivity index is 0.000000249. The van der Waals surface area contributed by atoms with Crippen LogP contribution in [0.25, 0.3) is 0 Å². The van der Waals surface area contributed by atoms with Gasteiger partial charge in [-0.15, -0.1) is 0 Å². The van der Waals surface area contributed by atoms with E-state index in [2.05, 4.69) is 23.0 Å². The second kappa shape index (κ2) is 7.01. The number of rotatable bonds is 1. The van der Waals surface area contributed by atoms with Crippen LogP contribution < -0.4 is 0 Å². The minimum Gasteiger partial charge on any atom is -0.299 e. The maximum atomic E-state index is 4.83. The standard InChI is InChI=1S/C10H14N2.CCl4/c1-12-7-3-5-10(12)9-4-2-6-11-8-9;2-1(3,4)5/h2,4,6,8,10H,3,5,7H2,1H3;. The van der Waals surface area contributed by atoms with E-state index in [1.165, 1.54) is 24.9 Å². The Morgan fingerprint density at radius 3 is 2.41 bits per heavy atom. The lowest BCUT2D eigenvalue weighted by Gasteiger charge is -2.18. The molecule has 1 aromatic rings. The van der Waals surface area contributed by atoms with Crippen LogP contribution in [0, 0.1) is 0 Å². The van der Waals surface area contributed by atoms with Crippen LogP contribution in [-0.2, 0) is 0 Å². The minimum absolute atomic E-state index is 0.610. The molecule has 1 saturated heterocycles. The normalized spacial score (nSPS) is 20.9. The number of likely N-dealkylation sites (tertiary alicyclic amines) is 1. The molecule has 0 amide bonds. The molecule has 0 N–H and O–H groups in total. The average Bonchev–Trinajstić information content (AvgIpc) is 2.63. The van der Waals surface area contributed by atoms with Crippen LogP contribution >= 0.6 is 46.4 Å². The van der Waals surface area contributed by atoms with Gasteiger partial charge in [0, 0.05) is 18.4 Å². The predicted molar refractivity (Wildman–Crippen MR) is 75.0 cm³/mol. The van der Waals surface area contributed by atoms with Gasteiger partial charge >= 0.3 is 0 Å². The van der Waals surface area contributed by atoms with Crippen molar-refractivity contribution in [2.75, 3.05) is 13.6 Å². The Labute approximate surface area is 122 Å². The zero-order valence-electron chi connectivity index (χ0n) is 9.41. The van der Waals surface area contributed by atoms with E-state index in [0.717, 1.165) is 0 Å². The third-order valence-electron chi connectivity index (χ3n) is 2.59. The molecule has 1 aromatic heterocycles. The second-order valence-corrected chi connectivity index (χ2v) is 7.28. The molecule has 0 aliphatic carbocycles. The smallest absolute Gasteiger partial charge is 0.266 e. The molecule has 1 atom stereocenters. The van der Waals surface area contributed by atoms with Gasteiger partial charge in [-0.1, -0.05) is 52.5 Å². The summed E-state index contributed by atoms with van der Waals surface area (Å²) in [5.74, 6) is 0. The molecule has 0 radical (unpaired) electrons. The number of halogens is 4. The minimum atomic E-state index is -1.61. The molecule has 0 saturated carbocycles. The maximum absolute atomic E-state index is 4.83. The quantitative estimate of drug-likeness (QED) is 0.714. The molecule has 6 heteroatoms. The van der Waals surface area contributed by atoms with E-state index < -0.39 is 3.25 Å². The van der Waals surface area contributed by atoms with E-state index in [1.54, 1.807) is 0 Å². The van der Waals surface area contributed by atoms with Crippen molar-refractivity contribution in [3.63, 3.8) is 0 Å². The molecule has 0 bridgehead atoms. The van der Waals surface area contributed by atoms with Crippen molar-refractivity contribution in [3.05, 3.63) is 30.1 Å². The van der Waals surface area contributed by atoms with Gasteiger partial charge in [0.2, 0.25) is 0 Å². The van der Waals surface area contributed by atoms with Gasteiger partial charge in [-0.3, -0.25) is 9.88 Å². The molecule has 17 heavy (non-hydrogen) atoms. The summed E-state index contributed by atoms with van der Waals surface area (Å²) in [5.41, 5.74) is 1.36. The lowest BCUT2D eigenvalue weighted by Crippen LogP contribution is -2.17. The van der Waals surface area contributed by atoms with Crippen LogP contribution in [0.5, 0.6) is 0 Å². The fourth-order valence-electron chi connectivity index (χ4n) is 1.90. The maximum Gasteiger partial charge on any atom is 0.266 e. The van der Waals surface area contributed by atoms with Gasteiger partial charge in [0.25, 0.3) is 3.25 Å². The van der Waals surface area contributed by atoms with Gasteiger partial charge in [0.05, 0.1) is 0 Å². The lowest BCUT2D eigenvalue weighted by atomic mass is 10.1. The third-order valence-corrected chi connectivity index (χ3v) is 2.59. The van der Waals surface area contributed by atoms with Crippen molar-refractivity contribution in [1.82, 2.24) is 9.88 Å². The molecule has 96 valence electrons. The van der Waals surface area contributed by atoms with E-state index in [-0.39, 0.29) is 0 Å². The fourth-order valence-corrected chi connectivity index (χ4v) is 1.90. The molecule has 2 rings (SSSR count). The molecule has 1 unspecified atom stereocenters. The highest BCUT2D eigenvalue weighted by atomic mass is 35.6. The fraction of sp³-hybridized carbons (Fsp3) is 0.545. The average molecular weight is 316 g/mol. The van der Waals surface area contributed by atoms with Gasteiger partial charge in [0.1, 0.15) is 0 Å². The van der Waals surface area contributed by atoms with Crippen molar-refractivity contribution >= 4 is 46.4 Å². The molecule has 0 spiro atoms. The number of alkyl halides is 4. The zero-order valence-corrected chi connectivity index (χ0v) is 12.4. The van der Waals surface area contributed by atoms with E-state index in [4.69, 9.17) is 46.4 Å². The Morgan fingerprint density at radius 2 is 2.00 bits per heavy atom. The van der Waals surface area contributed by atoms with Crippen LogP contribution in [0.3, 0.4) is 0 Å². The molecular weight excluding hydrogens is 302 g/mol. The third kappa shape index (κ3) is 6.68.